The number of hydrogen-bond acceptors (Lipinski definition) is 7. The van der Waals surface area contributed by atoms with Gasteiger partial charge in [-0.2, -0.15) is 5.10 Å². The first-order chi connectivity index (χ1) is 19.8. The van der Waals surface area contributed by atoms with Crippen molar-refractivity contribution in [1.82, 2.24) is 15.1 Å². The molecule has 4 aromatic rings. The maximum absolute atomic E-state index is 12.6. The monoisotopic (exact) mass is 591 g/mol. The van der Waals surface area contributed by atoms with E-state index in [-0.39, 0.29) is 18.1 Å². The van der Waals surface area contributed by atoms with Crippen LogP contribution in [0.25, 0.3) is 22.5 Å². The van der Waals surface area contributed by atoms with E-state index >= 15 is 0 Å². The third-order valence-electron chi connectivity index (χ3n) is 5.55. The number of carbonyl (C=O) groups is 1. The predicted molar refractivity (Wildman–Crippen MR) is 136 cm³/mol. The molecule has 4 N–H and O–H groups in total. The molecule has 0 spiro atoms. The minimum absolute atomic E-state index is 0.144. The summed E-state index contributed by atoms with van der Waals surface area (Å²) >= 11 is 0. The minimum atomic E-state index is -4.86. The van der Waals surface area contributed by atoms with Gasteiger partial charge in [-0.25, -0.2) is 5.53 Å². The smallest absolute Gasteiger partial charge is 0.406 e. The van der Waals surface area contributed by atoms with Gasteiger partial charge in [0.2, 0.25) is 0 Å². The van der Waals surface area contributed by atoms with Crippen LogP contribution in [0.4, 0.5) is 26.3 Å². The Bertz CT molecular complexity index is 1580. The summed E-state index contributed by atoms with van der Waals surface area (Å²) in [4.78, 5) is 12.3. The Morgan fingerprint density at radius 2 is 1.38 bits per heavy atom. The minimum Gasteiger partial charge on any atom is -0.406 e. The van der Waals surface area contributed by atoms with Gasteiger partial charge in [-0.3, -0.25) is 14.8 Å². The molecule has 0 unspecified atom stereocenters. The van der Waals surface area contributed by atoms with Gasteiger partial charge in [-0.05, 0) is 72.3 Å². The highest BCUT2D eigenvalue weighted by atomic mass is 19.4. The molecule has 1 heterocycles. The van der Waals surface area contributed by atoms with E-state index in [0.29, 0.717) is 28.1 Å². The van der Waals surface area contributed by atoms with Crippen LogP contribution in [0.3, 0.4) is 0 Å². The lowest BCUT2D eigenvalue weighted by atomic mass is 10.1. The molecule has 4 rings (SSSR count). The molecule has 42 heavy (non-hydrogen) atoms. The third kappa shape index (κ3) is 7.83. The lowest BCUT2D eigenvalue weighted by Gasteiger charge is -2.11. The second-order valence-electron chi connectivity index (χ2n) is 8.43. The van der Waals surface area contributed by atoms with Crippen molar-refractivity contribution in [3.05, 3.63) is 90.0 Å². The number of aromatic nitrogens is 2. The Kier molecular flexibility index (Phi) is 8.44. The SMILES string of the molecule is N=N/C(=N\N)NC(=O)c1ccc(Cn2nc(-c3ccc(OC(F)(F)F)cc3)cc2-c2ccc(OC(F)(F)F)cc2)cc1. The lowest BCUT2D eigenvalue weighted by Crippen LogP contribution is -2.29. The van der Waals surface area contributed by atoms with Crippen molar-refractivity contribution in [2.45, 2.75) is 19.3 Å². The van der Waals surface area contributed by atoms with E-state index in [1.165, 1.54) is 36.4 Å². The van der Waals surface area contributed by atoms with Crippen LogP contribution in [-0.2, 0) is 6.54 Å². The fourth-order valence-corrected chi connectivity index (χ4v) is 3.76. The van der Waals surface area contributed by atoms with Crippen molar-refractivity contribution in [2.24, 2.45) is 16.1 Å². The van der Waals surface area contributed by atoms with Gasteiger partial charge in [-0.15, -0.1) is 36.6 Å². The Morgan fingerprint density at radius 3 is 1.86 bits per heavy atom. The standard InChI is InChI=1S/C26H19F6N7O3/c27-25(28,29)41-19-9-5-16(6-10-19)21-13-22(17-7-11-20(12-8-17)42-26(30,31)32)39(38-21)14-15-1-3-18(4-2-15)23(40)35-24(36-33)37-34/h1-13,33H,14,34H2,(H,35,37,40). The third-order valence-corrected chi connectivity index (χ3v) is 5.55. The zero-order chi connectivity index (χ0) is 30.5. The molecule has 0 atom stereocenters. The van der Waals surface area contributed by atoms with Crippen LogP contribution in [0.2, 0.25) is 0 Å². The summed E-state index contributed by atoms with van der Waals surface area (Å²) in [7, 11) is 0. The molecule has 0 bridgehead atoms. The molecule has 0 fully saturated rings. The van der Waals surface area contributed by atoms with E-state index in [9.17, 15) is 31.1 Å². The quantitative estimate of drug-likeness (QED) is 0.0599. The molecule has 1 amide bonds. The molecule has 0 saturated heterocycles. The molecular weight excluding hydrogens is 572 g/mol. The number of hydrogen-bond donors (Lipinski definition) is 3. The van der Waals surface area contributed by atoms with E-state index < -0.39 is 30.1 Å². The number of halogens is 6. The molecule has 0 saturated carbocycles. The number of alkyl halides is 6. The van der Waals surface area contributed by atoms with Crippen molar-refractivity contribution in [1.29, 1.82) is 5.53 Å². The van der Waals surface area contributed by atoms with Gasteiger partial charge in [0.1, 0.15) is 11.5 Å². The zero-order valence-corrected chi connectivity index (χ0v) is 21.1. The maximum Gasteiger partial charge on any atom is 0.573 e. The van der Waals surface area contributed by atoms with Gasteiger partial charge >= 0.3 is 12.7 Å². The highest BCUT2D eigenvalue weighted by Gasteiger charge is 2.31. The summed E-state index contributed by atoms with van der Waals surface area (Å²) in [6.07, 6.45) is -9.72. The number of amides is 1. The van der Waals surface area contributed by atoms with Gasteiger partial charge in [0.15, 0.2) is 0 Å². The predicted octanol–water partition coefficient (Wildman–Crippen LogP) is 6.05. The molecule has 0 aliphatic heterocycles. The maximum atomic E-state index is 12.6. The number of hydrazone groups is 1. The lowest BCUT2D eigenvalue weighted by molar-refractivity contribution is -0.275. The van der Waals surface area contributed by atoms with Gasteiger partial charge in [0, 0.05) is 16.7 Å². The van der Waals surface area contributed by atoms with Crippen LogP contribution in [0.15, 0.2) is 89.1 Å². The van der Waals surface area contributed by atoms with Crippen LogP contribution in [0.5, 0.6) is 11.5 Å². The van der Waals surface area contributed by atoms with Crippen molar-refractivity contribution >= 4 is 11.9 Å². The number of nitrogens with two attached hydrogens (primary N) is 1. The van der Waals surface area contributed by atoms with Crippen LogP contribution in [0.1, 0.15) is 15.9 Å². The fraction of sp³-hybridized carbons (Fsp3) is 0.115. The van der Waals surface area contributed by atoms with Crippen molar-refractivity contribution < 1.29 is 40.6 Å². The largest absolute Gasteiger partial charge is 0.573 e. The van der Waals surface area contributed by atoms with Crippen LogP contribution in [0, 0.1) is 5.53 Å². The number of ether oxygens (including phenoxy) is 2. The number of nitrogens with zero attached hydrogens (tertiary/aromatic N) is 4. The van der Waals surface area contributed by atoms with Gasteiger partial charge in [0.25, 0.3) is 11.9 Å². The van der Waals surface area contributed by atoms with Crippen LogP contribution >= 0.6 is 0 Å². The zero-order valence-electron chi connectivity index (χ0n) is 21.1. The number of guanidine groups is 1. The average Bonchev–Trinajstić information content (AvgIpc) is 3.34. The molecule has 218 valence electrons. The van der Waals surface area contributed by atoms with E-state index in [1.807, 2.05) is 0 Å². The van der Waals surface area contributed by atoms with Gasteiger partial charge in [0.05, 0.1) is 17.9 Å². The van der Waals surface area contributed by atoms with Crippen LogP contribution < -0.4 is 20.6 Å². The normalized spacial score (nSPS) is 12.1. The Balaban J connectivity index is 1.64. The summed E-state index contributed by atoms with van der Waals surface area (Å²) in [5.41, 5.74) is 9.56. The first-order valence-electron chi connectivity index (χ1n) is 11.7. The molecule has 0 radical (unpaired) electrons. The average molecular weight is 591 g/mol. The highest BCUT2D eigenvalue weighted by Crippen LogP contribution is 2.31. The van der Waals surface area contributed by atoms with Crippen molar-refractivity contribution in [3.63, 3.8) is 0 Å². The molecule has 0 aliphatic carbocycles. The molecular formula is C26H19F6N7O3. The van der Waals surface area contributed by atoms with Gasteiger partial charge in [-0.1, -0.05) is 12.1 Å². The molecule has 3 aromatic carbocycles. The van der Waals surface area contributed by atoms with Crippen molar-refractivity contribution in [3.8, 4) is 34.0 Å². The van der Waals surface area contributed by atoms with Crippen LogP contribution in [-0.4, -0.2) is 34.4 Å². The topological polar surface area (TPSA) is 140 Å². The Hall–Kier alpha value is -5.41. The molecule has 0 aliphatic rings. The number of benzene rings is 3. The molecule has 16 heteroatoms. The van der Waals surface area contributed by atoms with Gasteiger partial charge < -0.3 is 15.3 Å². The number of carbonyl (C=O) groups excluding carboxylic acids is 1. The number of rotatable bonds is 7. The Morgan fingerprint density at radius 1 is 0.857 bits per heavy atom. The number of nitrogens with one attached hydrogen (secondary N) is 2. The van der Waals surface area contributed by atoms with E-state index in [4.69, 9.17) is 11.4 Å². The molecule has 10 nitrogen and oxygen atoms in total. The first-order valence-corrected chi connectivity index (χ1v) is 11.7. The summed E-state index contributed by atoms with van der Waals surface area (Å²) in [6, 6.07) is 18.0. The fourth-order valence-electron chi connectivity index (χ4n) is 3.76. The van der Waals surface area contributed by atoms with E-state index in [2.05, 4.69) is 30.1 Å². The van der Waals surface area contributed by atoms with E-state index in [1.54, 1.807) is 22.9 Å². The van der Waals surface area contributed by atoms with Crippen molar-refractivity contribution in [2.75, 3.05) is 0 Å². The highest BCUT2D eigenvalue weighted by molar-refractivity contribution is 6.05. The second kappa shape index (κ2) is 12.0. The van der Waals surface area contributed by atoms with E-state index in [0.717, 1.165) is 24.3 Å². The molecule has 1 aromatic heterocycles. The first kappa shape index (κ1) is 29.6. The summed E-state index contributed by atoms with van der Waals surface area (Å²) in [6.45, 7) is 0.144. The second-order valence-corrected chi connectivity index (χ2v) is 8.43. The summed E-state index contributed by atoms with van der Waals surface area (Å²) in [5, 5.41) is 12.9. The summed E-state index contributed by atoms with van der Waals surface area (Å²) < 4.78 is 84.8. The summed E-state index contributed by atoms with van der Waals surface area (Å²) in [5.74, 6) is 3.20. The Labute approximate surface area is 232 Å².